The molecule has 37 heavy (non-hydrogen) atoms. The standard InChI is InChI=1S/C25H32N6O6/c1-5-9-27-23(33)19-12-28-21(17(19)4)22(29-13-26)30-20-11-18(8-7-16(20)3)24(34)31(10-6-2)25(35)37-15-36-14-32/h7-8,11-14,28H,5-6,9-10,15H2,1-4H3,(H,27,33)(H2,26,29,30). The van der Waals surface area contributed by atoms with Crippen molar-refractivity contribution in [2.24, 2.45) is 15.7 Å². The zero-order valence-corrected chi connectivity index (χ0v) is 21.4. The number of ether oxygens (including phenoxy) is 2. The van der Waals surface area contributed by atoms with Gasteiger partial charge in [-0.3, -0.25) is 14.4 Å². The zero-order valence-electron chi connectivity index (χ0n) is 21.4. The number of carbonyl (C=O) groups excluding carboxylic acids is 4. The Morgan fingerprint density at radius 3 is 2.59 bits per heavy atom. The minimum absolute atomic E-state index is 0.0957. The largest absolute Gasteiger partial charge is 0.430 e. The van der Waals surface area contributed by atoms with Crippen LogP contribution in [0.15, 0.2) is 34.4 Å². The number of aromatic amines is 1. The van der Waals surface area contributed by atoms with Crippen molar-refractivity contribution in [2.45, 2.75) is 40.5 Å². The van der Waals surface area contributed by atoms with Crippen molar-refractivity contribution in [3.05, 3.63) is 52.3 Å². The molecule has 2 rings (SSSR count). The van der Waals surface area contributed by atoms with Crippen molar-refractivity contribution in [3.63, 3.8) is 0 Å². The van der Waals surface area contributed by atoms with Gasteiger partial charge in [0.2, 0.25) is 6.79 Å². The van der Waals surface area contributed by atoms with Crippen molar-refractivity contribution in [3.8, 4) is 0 Å². The Morgan fingerprint density at radius 2 is 1.95 bits per heavy atom. The fourth-order valence-electron chi connectivity index (χ4n) is 3.34. The van der Waals surface area contributed by atoms with Crippen LogP contribution in [0, 0.1) is 13.8 Å². The summed E-state index contributed by atoms with van der Waals surface area (Å²) in [7, 11) is 0. The SMILES string of the molecule is CCCNC(=O)c1c[nH]c(C(N=CN)=Nc2cc(C(=O)N(CCC)C(=O)OCOC=O)ccc2C)c1C. The lowest BCUT2D eigenvalue weighted by molar-refractivity contribution is -0.136. The van der Waals surface area contributed by atoms with Crippen molar-refractivity contribution in [1.29, 1.82) is 0 Å². The first kappa shape index (κ1) is 28.8. The summed E-state index contributed by atoms with van der Waals surface area (Å²) in [5.74, 6) is -0.620. The van der Waals surface area contributed by atoms with Crippen LogP contribution in [0.3, 0.4) is 0 Å². The average Bonchev–Trinajstić information content (AvgIpc) is 3.27. The van der Waals surface area contributed by atoms with E-state index in [1.807, 2.05) is 6.92 Å². The Labute approximate surface area is 214 Å². The molecule has 12 heteroatoms. The number of amidine groups is 1. The zero-order chi connectivity index (χ0) is 27.4. The number of amides is 3. The van der Waals surface area contributed by atoms with E-state index in [4.69, 9.17) is 10.5 Å². The molecular weight excluding hydrogens is 480 g/mol. The highest BCUT2D eigenvalue weighted by Gasteiger charge is 2.24. The fourth-order valence-corrected chi connectivity index (χ4v) is 3.34. The predicted octanol–water partition coefficient (Wildman–Crippen LogP) is 2.96. The normalized spacial score (nSPS) is 11.3. The van der Waals surface area contributed by atoms with Gasteiger partial charge in [0.25, 0.3) is 18.3 Å². The number of aliphatic imine (C=N–C) groups is 2. The maximum Gasteiger partial charge on any atom is 0.419 e. The number of carbonyl (C=O) groups is 4. The highest BCUT2D eigenvalue weighted by atomic mass is 16.7. The topological polar surface area (TPSA) is 169 Å². The number of hydrogen-bond donors (Lipinski definition) is 3. The summed E-state index contributed by atoms with van der Waals surface area (Å²) in [5, 5.41) is 2.83. The third-order valence-corrected chi connectivity index (χ3v) is 5.25. The molecule has 1 aromatic carbocycles. The van der Waals surface area contributed by atoms with Crippen molar-refractivity contribution < 1.29 is 28.7 Å². The Morgan fingerprint density at radius 1 is 1.19 bits per heavy atom. The van der Waals surface area contributed by atoms with Gasteiger partial charge in [-0.25, -0.2) is 19.7 Å². The molecule has 198 valence electrons. The fraction of sp³-hybridized carbons (Fsp3) is 0.360. The molecule has 2 aromatic rings. The maximum absolute atomic E-state index is 13.1. The van der Waals surface area contributed by atoms with Gasteiger partial charge >= 0.3 is 6.09 Å². The van der Waals surface area contributed by atoms with E-state index in [-0.39, 0.29) is 30.3 Å². The van der Waals surface area contributed by atoms with Crippen LogP contribution in [0.4, 0.5) is 10.5 Å². The van der Waals surface area contributed by atoms with Gasteiger partial charge in [-0.15, -0.1) is 0 Å². The molecule has 12 nitrogen and oxygen atoms in total. The molecule has 4 N–H and O–H groups in total. The van der Waals surface area contributed by atoms with Crippen LogP contribution in [0.1, 0.15) is 64.2 Å². The Bertz CT molecular complexity index is 1190. The van der Waals surface area contributed by atoms with Gasteiger partial charge < -0.3 is 25.5 Å². The minimum atomic E-state index is -0.941. The highest BCUT2D eigenvalue weighted by molar-refractivity contribution is 6.07. The van der Waals surface area contributed by atoms with Crippen LogP contribution in [-0.4, -0.2) is 66.3 Å². The first-order valence-corrected chi connectivity index (χ1v) is 11.7. The van der Waals surface area contributed by atoms with E-state index in [0.717, 1.165) is 23.2 Å². The number of hydrogen-bond acceptors (Lipinski definition) is 7. The molecule has 0 aliphatic carbocycles. The van der Waals surface area contributed by atoms with Gasteiger partial charge in [0.15, 0.2) is 5.84 Å². The van der Waals surface area contributed by atoms with Gasteiger partial charge in [0, 0.05) is 24.8 Å². The van der Waals surface area contributed by atoms with E-state index in [9.17, 15) is 19.2 Å². The number of aryl methyl sites for hydroxylation is 1. The monoisotopic (exact) mass is 512 g/mol. The Kier molecular flexibility index (Phi) is 11.0. The predicted molar refractivity (Wildman–Crippen MR) is 138 cm³/mol. The van der Waals surface area contributed by atoms with E-state index in [1.165, 1.54) is 6.07 Å². The number of rotatable bonds is 11. The first-order chi connectivity index (χ1) is 17.8. The average molecular weight is 513 g/mol. The summed E-state index contributed by atoms with van der Waals surface area (Å²) in [6, 6.07) is 4.77. The Balaban J connectivity index is 2.44. The Hall–Kier alpha value is -4.48. The minimum Gasteiger partial charge on any atom is -0.430 e. The molecule has 0 spiro atoms. The summed E-state index contributed by atoms with van der Waals surface area (Å²) in [6.07, 6.45) is 3.01. The van der Waals surface area contributed by atoms with Crippen molar-refractivity contribution in [1.82, 2.24) is 15.2 Å². The van der Waals surface area contributed by atoms with Gasteiger partial charge in [-0.1, -0.05) is 19.9 Å². The van der Waals surface area contributed by atoms with E-state index in [0.29, 0.717) is 35.5 Å². The van der Waals surface area contributed by atoms with Crippen LogP contribution in [0.25, 0.3) is 0 Å². The molecule has 1 heterocycles. The van der Waals surface area contributed by atoms with E-state index in [1.54, 1.807) is 39.1 Å². The van der Waals surface area contributed by atoms with Crippen LogP contribution >= 0.6 is 0 Å². The van der Waals surface area contributed by atoms with Gasteiger partial charge in [0.1, 0.15) is 0 Å². The van der Waals surface area contributed by atoms with Gasteiger partial charge in [-0.2, -0.15) is 0 Å². The molecule has 0 atom stereocenters. The van der Waals surface area contributed by atoms with E-state index < -0.39 is 18.8 Å². The number of imide groups is 1. The summed E-state index contributed by atoms with van der Waals surface area (Å²) < 4.78 is 9.20. The van der Waals surface area contributed by atoms with Gasteiger partial charge in [0.05, 0.1) is 23.3 Å². The van der Waals surface area contributed by atoms with Crippen molar-refractivity contribution in [2.75, 3.05) is 19.9 Å². The molecular formula is C25H32N6O6. The second-order valence-electron chi connectivity index (χ2n) is 7.92. The quantitative estimate of drug-likeness (QED) is 0.137. The molecule has 0 fully saturated rings. The molecule has 0 unspecified atom stereocenters. The lowest BCUT2D eigenvalue weighted by Crippen LogP contribution is -2.38. The molecule has 3 amide bonds. The van der Waals surface area contributed by atoms with Crippen LogP contribution in [0.2, 0.25) is 0 Å². The number of nitrogens with two attached hydrogens (primary N) is 1. The number of nitrogens with one attached hydrogen (secondary N) is 2. The van der Waals surface area contributed by atoms with Crippen LogP contribution in [0.5, 0.6) is 0 Å². The third-order valence-electron chi connectivity index (χ3n) is 5.25. The summed E-state index contributed by atoms with van der Waals surface area (Å²) in [6.45, 7) is 7.51. The molecule has 0 saturated carbocycles. The second kappa shape index (κ2) is 14.2. The molecule has 0 radical (unpaired) electrons. The van der Waals surface area contributed by atoms with Crippen LogP contribution in [-0.2, 0) is 14.3 Å². The van der Waals surface area contributed by atoms with E-state index >= 15 is 0 Å². The molecule has 0 bridgehead atoms. The summed E-state index contributed by atoms with van der Waals surface area (Å²) >= 11 is 0. The number of H-pyrrole nitrogens is 1. The van der Waals surface area contributed by atoms with Crippen molar-refractivity contribution >= 4 is 42.2 Å². The first-order valence-electron chi connectivity index (χ1n) is 11.7. The summed E-state index contributed by atoms with van der Waals surface area (Å²) in [5.41, 5.74) is 8.47. The number of nitrogens with zero attached hydrogens (tertiary/aromatic N) is 3. The summed E-state index contributed by atoms with van der Waals surface area (Å²) in [4.78, 5) is 61.0. The highest BCUT2D eigenvalue weighted by Crippen LogP contribution is 2.24. The second-order valence-corrected chi connectivity index (χ2v) is 7.92. The maximum atomic E-state index is 13.1. The van der Waals surface area contributed by atoms with Gasteiger partial charge in [-0.05, 0) is 49.9 Å². The molecule has 0 aliphatic rings. The number of benzene rings is 1. The van der Waals surface area contributed by atoms with Crippen LogP contribution < -0.4 is 11.1 Å². The van der Waals surface area contributed by atoms with E-state index in [2.05, 4.69) is 25.0 Å². The number of aromatic nitrogens is 1. The lowest BCUT2D eigenvalue weighted by atomic mass is 10.1. The third kappa shape index (κ3) is 7.50. The lowest BCUT2D eigenvalue weighted by Gasteiger charge is -2.19. The smallest absolute Gasteiger partial charge is 0.419 e. The molecule has 0 saturated heterocycles. The molecule has 1 aromatic heterocycles. The molecule has 0 aliphatic heterocycles.